The number of hydrogen-bond acceptors (Lipinski definition) is 7. The molecule has 4 heterocycles. The van der Waals surface area contributed by atoms with E-state index in [-0.39, 0.29) is 29.2 Å². The molecule has 188 valence electrons. The second kappa shape index (κ2) is 9.93. The van der Waals surface area contributed by atoms with Crippen LogP contribution in [0.2, 0.25) is 0 Å². The molecule has 3 saturated heterocycles. The number of rotatable bonds is 5. The predicted molar refractivity (Wildman–Crippen MR) is 125 cm³/mol. The van der Waals surface area contributed by atoms with Crippen molar-refractivity contribution in [1.82, 2.24) is 24.9 Å². The lowest BCUT2D eigenvalue weighted by Gasteiger charge is -2.40. The third-order valence-electron chi connectivity index (χ3n) is 8.38. The van der Waals surface area contributed by atoms with Crippen molar-refractivity contribution in [3.63, 3.8) is 0 Å². The highest BCUT2D eigenvalue weighted by Gasteiger charge is 2.49. The number of morpholine rings is 1. The first-order valence-corrected chi connectivity index (χ1v) is 13.2. The minimum absolute atomic E-state index is 0.0536. The Morgan fingerprint density at radius 3 is 2.38 bits per heavy atom. The topological polar surface area (TPSA) is 92.0 Å². The summed E-state index contributed by atoms with van der Waals surface area (Å²) >= 11 is 0. The van der Waals surface area contributed by atoms with Crippen LogP contribution >= 0.6 is 0 Å². The molecule has 1 spiro atoms. The zero-order valence-electron chi connectivity index (χ0n) is 20.7. The van der Waals surface area contributed by atoms with Crippen molar-refractivity contribution < 1.29 is 18.7 Å². The third kappa shape index (κ3) is 4.87. The summed E-state index contributed by atoms with van der Waals surface area (Å²) in [5.74, 6) is 2.18. The van der Waals surface area contributed by atoms with E-state index in [2.05, 4.69) is 20.0 Å². The van der Waals surface area contributed by atoms with E-state index in [1.807, 2.05) is 18.7 Å². The molecule has 2 amide bonds. The maximum absolute atomic E-state index is 13.1. The number of aromatic nitrogens is 2. The number of nitrogens with zero attached hydrogens (tertiary/aromatic N) is 5. The summed E-state index contributed by atoms with van der Waals surface area (Å²) in [7, 11) is 0. The summed E-state index contributed by atoms with van der Waals surface area (Å²) in [6.07, 6.45) is 7.30. The Kier molecular flexibility index (Phi) is 6.93. The van der Waals surface area contributed by atoms with E-state index in [4.69, 9.17) is 9.15 Å². The van der Waals surface area contributed by atoms with Crippen LogP contribution in [0, 0.1) is 11.3 Å². The van der Waals surface area contributed by atoms with E-state index in [0.717, 1.165) is 51.7 Å². The zero-order chi connectivity index (χ0) is 23.7. The normalized spacial score (nSPS) is 26.1. The minimum atomic E-state index is -0.0536. The lowest BCUT2D eigenvalue weighted by atomic mass is 9.76. The fourth-order valence-electron chi connectivity index (χ4n) is 6.25. The first-order chi connectivity index (χ1) is 16.4. The van der Waals surface area contributed by atoms with Crippen molar-refractivity contribution in [2.24, 2.45) is 11.3 Å². The van der Waals surface area contributed by atoms with E-state index in [9.17, 15) is 9.59 Å². The molecule has 4 fully saturated rings. The highest BCUT2D eigenvalue weighted by atomic mass is 16.5. The van der Waals surface area contributed by atoms with Crippen LogP contribution in [0.1, 0.15) is 82.5 Å². The summed E-state index contributed by atoms with van der Waals surface area (Å²) < 4.78 is 11.5. The summed E-state index contributed by atoms with van der Waals surface area (Å²) in [4.78, 5) is 32.3. The Labute approximate surface area is 202 Å². The maximum atomic E-state index is 13.1. The second-order valence-electron chi connectivity index (χ2n) is 11.1. The molecule has 1 aromatic rings. The molecule has 3 aliphatic heterocycles. The molecule has 9 nitrogen and oxygen atoms in total. The number of amides is 2. The summed E-state index contributed by atoms with van der Waals surface area (Å²) in [6, 6.07) is -0.0536. The van der Waals surface area contributed by atoms with E-state index >= 15 is 0 Å². The van der Waals surface area contributed by atoms with E-state index in [1.165, 1.54) is 12.8 Å². The van der Waals surface area contributed by atoms with Crippen LogP contribution in [-0.2, 0) is 14.3 Å². The first kappa shape index (κ1) is 23.7. The van der Waals surface area contributed by atoms with Gasteiger partial charge in [0, 0.05) is 44.6 Å². The van der Waals surface area contributed by atoms with Crippen molar-refractivity contribution in [3.05, 3.63) is 11.8 Å². The first-order valence-electron chi connectivity index (χ1n) is 13.2. The quantitative estimate of drug-likeness (QED) is 0.649. The standard InChI is InChI=1S/C25H39N5O4/c1-18(2)22-26-27-23(34-22)20-15-25(17-30(20)16-21(31)28-11-13-33-14-12-28)7-9-29(10-8-25)24(32)19-5-3-4-6-19/h18-20H,3-17H2,1-2H3. The smallest absolute Gasteiger partial charge is 0.236 e. The van der Waals surface area contributed by atoms with Gasteiger partial charge in [0.15, 0.2) is 0 Å². The summed E-state index contributed by atoms with van der Waals surface area (Å²) in [6.45, 7) is 9.42. The van der Waals surface area contributed by atoms with Gasteiger partial charge in [-0.25, -0.2) is 0 Å². The Morgan fingerprint density at radius 2 is 1.74 bits per heavy atom. The van der Waals surface area contributed by atoms with Crippen LogP contribution in [0.4, 0.5) is 0 Å². The SMILES string of the molecule is CC(C)c1nnc(C2CC3(CCN(C(=O)C4CCCC4)CC3)CN2CC(=O)N2CCOCC2)o1. The van der Waals surface area contributed by atoms with Crippen LogP contribution in [0.15, 0.2) is 4.42 Å². The fraction of sp³-hybridized carbons (Fsp3) is 0.840. The fourth-order valence-corrected chi connectivity index (χ4v) is 6.25. The molecule has 1 atom stereocenters. The van der Waals surface area contributed by atoms with Gasteiger partial charge < -0.3 is 19.0 Å². The molecule has 34 heavy (non-hydrogen) atoms. The molecule has 1 aromatic heterocycles. The molecule has 1 unspecified atom stereocenters. The van der Waals surface area contributed by atoms with E-state index < -0.39 is 0 Å². The zero-order valence-corrected chi connectivity index (χ0v) is 20.7. The lowest BCUT2D eigenvalue weighted by molar-refractivity contribution is -0.137. The number of ether oxygens (including phenoxy) is 1. The average Bonchev–Trinajstić information content (AvgIpc) is 3.61. The molecule has 1 saturated carbocycles. The molecule has 5 rings (SSSR count). The van der Waals surface area contributed by atoms with E-state index in [0.29, 0.717) is 50.5 Å². The van der Waals surface area contributed by atoms with E-state index in [1.54, 1.807) is 0 Å². The Bertz CT molecular complexity index is 866. The molecular weight excluding hydrogens is 434 g/mol. The van der Waals surface area contributed by atoms with Gasteiger partial charge in [0.2, 0.25) is 23.6 Å². The highest BCUT2D eigenvalue weighted by Crippen LogP contribution is 2.49. The molecule has 0 N–H and O–H groups in total. The van der Waals surface area contributed by atoms with Gasteiger partial charge in [-0.15, -0.1) is 10.2 Å². The number of piperidine rings is 1. The second-order valence-corrected chi connectivity index (χ2v) is 11.1. The highest BCUT2D eigenvalue weighted by molar-refractivity contribution is 5.79. The van der Waals surface area contributed by atoms with Gasteiger partial charge in [-0.05, 0) is 37.5 Å². The van der Waals surface area contributed by atoms with Crippen LogP contribution in [0.3, 0.4) is 0 Å². The predicted octanol–water partition coefficient (Wildman–Crippen LogP) is 2.60. The molecule has 1 aliphatic carbocycles. The van der Waals surface area contributed by atoms with Gasteiger partial charge in [-0.3, -0.25) is 14.5 Å². The van der Waals surface area contributed by atoms with Crippen LogP contribution in [-0.4, -0.2) is 89.2 Å². The molecule has 9 heteroatoms. The minimum Gasteiger partial charge on any atom is -0.423 e. The summed E-state index contributed by atoms with van der Waals surface area (Å²) in [5.41, 5.74) is 0.0782. The van der Waals surface area contributed by atoms with Gasteiger partial charge >= 0.3 is 0 Å². The third-order valence-corrected chi connectivity index (χ3v) is 8.38. The van der Waals surface area contributed by atoms with Crippen molar-refractivity contribution in [2.45, 2.75) is 70.8 Å². The van der Waals surface area contributed by atoms with Crippen molar-refractivity contribution >= 4 is 11.8 Å². The number of carbonyl (C=O) groups excluding carboxylic acids is 2. The van der Waals surface area contributed by atoms with Crippen molar-refractivity contribution in [2.75, 3.05) is 52.5 Å². The Balaban J connectivity index is 1.29. The van der Waals surface area contributed by atoms with Gasteiger partial charge in [-0.1, -0.05) is 26.7 Å². The largest absolute Gasteiger partial charge is 0.423 e. The Morgan fingerprint density at radius 1 is 1.03 bits per heavy atom. The van der Waals surface area contributed by atoms with Crippen LogP contribution in [0.5, 0.6) is 0 Å². The average molecular weight is 474 g/mol. The van der Waals surface area contributed by atoms with Crippen molar-refractivity contribution in [3.8, 4) is 0 Å². The maximum Gasteiger partial charge on any atom is 0.236 e. The Hall–Kier alpha value is -2.00. The van der Waals surface area contributed by atoms with Gasteiger partial charge in [0.05, 0.1) is 25.8 Å². The summed E-state index contributed by atoms with van der Waals surface area (Å²) in [5, 5.41) is 8.66. The monoisotopic (exact) mass is 473 g/mol. The molecule has 4 aliphatic rings. The lowest BCUT2D eigenvalue weighted by Crippen LogP contribution is -2.47. The molecule has 0 aromatic carbocycles. The number of hydrogen-bond donors (Lipinski definition) is 0. The van der Waals surface area contributed by atoms with Crippen molar-refractivity contribution in [1.29, 1.82) is 0 Å². The molecule has 0 radical (unpaired) electrons. The van der Waals surface area contributed by atoms with Gasteiger partial charge in [-0.2, -0.15) is 0 Å². The van der Waals surface area contributed by atoms with Gasteiger partial charge in [0.1, 0.15) is 0 Å². The number of likely N-dealkylation sites (tertiary alicyclic amines) is 2. The molecule has 0 bridgehead atoms. The van der Waals surface area contributed by atoms with Gasteiger partial charge in [0.25, 0.3) is 0 Å². The van der Waals surface area contributed by atoms with Crippen LogP contribution < -0.4 is 0 Å². The van der Waals surface area contributed by atoms with Crippen LogP contribution in [0.25, 0.3) is 0 Å². The number of carbonyl (C=O) groups is 2. The molecular formula is C25H39N5O4.